The smallest absolute Gasteiger partial charge is 0.315 e. The van der Waals surface area contributed by atoms with Gasteiger partial charge in [-0.2, -0.15) is 5.48 Å². The summed E-state index contributed by atoms with van der Waals surface area (Å²) in [5, 5.41) is 9.95. The molecule has 2 rings (SSSR count). The highest BCUT2D eigenvalue weighted by Crippen LogP contribution is 2.24. The molecule has 0 radical (unpaired) electrons. The zero-order chi connectivity index (χ0) is 15.8. The SMILES string of the molecule is CN1C(=O)N(C)C(=O)C(Cc2ccc(Cl)cc2)(NO)C1=O. The third kappa shape index (κ3) is 2.39. The molecule has 0 saturated carbocycles. The van der Waals surface area contributed by atoms with Gasteiger partial charge in [-0.1, -0.05) is 23.7 Å². The highest BCUT2D eigenvalue weighted by molar-refractivity contribution is 6.30. The van der Waals surface area contributed by atoms with Crippen LogP contribution in [0.3, 0.4) is 0 Å². The topological polar surface area (TPSA) is 90.0 Å². The molecule has 7 nitrogen and oxygen atoms in total. The van der Waals surface area contributed by atoms with Crippen LogP contribution in [0.25, 0.3) is 0 Å². The molecule has 1 heterocycles. The van der Waals surface area contributed by atoms with Crippen molar-refractivity contribution in [3.63, 3.8) is 0 Å². The highest BCUT2D eigenvalue weighted by atomic mass is 35.5. The molecule has 4 amide bonds. The maximum atomic E-state index is 12.3. The molecule has 0 spiro atoms. The molecule has 2 N–H and O–H groups in total. The van der Waals surface area contributed by atoms with E-state index in [0.29, 0.717) is 10.6 Å². The Balaban J connectivity index is 2.43. The Kier molecular flexibility index (Phi) is 3.99. The van der Waals surface area contributed by atoms with Crippen molar-refractivity contribution in [3.05, 3.63) is 34.9 Å². The van der Waals surface area contributed by atoms with E-state index in [-0.39, 0.29) is 6.42 Å². The van der Waals surface area contributed by atoms with Crippen LogP contribution in [-0.2, 0) is 16.0 Å². The molecule has 1 aliphatic rings. The van der Waals surface area contributed by atoms with Crippen molar-refractivity contribution in [2.45, 2.75) is 12.0 Å². The number of benzene rings is 1. The lowest BCUT2D eigenvalue weighted by Crippen LogP contribution is -2.72. The van der Waals surface area contributed by atoms with E-state index in [9.17, 15) is 19.6 Å². The van der Waals surface area contributed by atoms with Crippen LogP contribution in [0.1, 0.15) is 5.56 Å². The number of nitrogens with one attached hydrogen (secondary N) is 1. The largest absolute Gasteiger partial charge is 0.332 e. The molecular weight excluding hydrogens is 298 g/mol. The van der Waals surface area contributed by atoms with Gasteiger partial charge in [0.05, 0.1) is 0 Å². The van der Waals surface area contributed by atoms with E-state index in [1.54, 1.807) is 29.7 Å². The molecule has 0 aromatic heterocycles. The normalized spacial score (nSPS) is 18.4. The number of hydroxylamine groups is 1. The lowest BCUT2D eigenvalue weighted by atomic mass is 9.87. The summed E-state index contributed by atoms with van der Waals surface area (Å²) >= 11 is 5.79. The van der Waals surface area contributed by atoms with Gasteiger partial charge in [0.15, 0.2) is 0 Å². The maximum Gasteiger partial charge on any atom is 0.332 e. The van der Waals surface area contributed by atoms with E-state index in [0.717, 1.165) is 9.80 Å². The average Bonchev–Trinajstić information content (AvgIpc) is 2.50. The van der Waals surface area contributed by atoms with Gasteiger partial charge >= 0.3 is 6.03 Å². The second-order valence-corrected chi connectivity index (χ2v) is 5.27. The fraction of sp³-hybridized carbons (Fsp3) is 0.308. The van der Waals surface area contributed by atoms with E-state index in [1.165, 1.54) is 14.1 Å². The predicted molar refractivity (Wildman–Crippen MR) is 73.7 cm³/mol. The third-order valence-electron chi connectivity index (χ3n) is 3.49. The zero-order valence-corrected chi connectivity index (χ0v) is 12.2. The number of amides is 4. The Morgan fingerprint density at radius 1 is 1.10 bits per heavy atom. The summed E-state index contributed by atoms with van der Waals surface area (Å²) in [7, 11) is 2.50. The number of carbonyl (C=O) groups is 3. The number of urea groups is 1. The molecular formula is C13H14ClN3O4. The minimum absolute atomic E-state index is 0.111. The van der Waals surface area contributed by atoms with Crippen LogP contribution in [0.4, 0.5) is 4.79 Å². The van der Waals surface area contributed by atoms with Crippen molar-refractivity contribution in [3.8, 4) is 0 Å². The van der Waals surface area contributed by atoms with Gasteiger partial charge in [-0.15, -0.1) is 0 Å². The number of barbiturate groups is 1. The summed E-state index contributed by atoms with van der Waals surface area (Å²) in [5.74, 6) is -1.62. The number of nitrogens with zero attached hydrogens (tertiary/aromatic N) is 2. The lowest BCUT2D eigenvalue weighted by molar-refractivity contribution is -0.158. The molecule has 0 atom stereocenters. The molecule has 0 aliphatic carbocycles. The van der Waals surface area contributed by atoms with Gasteiger partial charge in [-0.25, -0.2) is 4.79 Å². The standard InChI is InChI=1S/C13H14ClN3O4/c1-16-10(18)13(15-21,11(19)17(2)12(16)20)7-8-3-5-9(14)6-4-8/h3-6,15,21H,7H2,1-2H3. The Labute approximate surface area is 126 Å². The van der Waals surface area contributed by atoms with Gasteiger partial charge in [0.2, 0.25) is 5.54 Å². The number of imide groups is 2. The number of halogens is 1. The number of likely N-dealkylation sites (N-methyl/N-ethyl adjacent to an activating group) is 2. The molecule has 21 heavy (non-hydrogen) atoms. The molecule has 1 saturated heterocycles. The summed E-state index contributed by atoms with van der Waals surface area (Å²) in [6.07, 6.45) is -0.111. The molecule has 1 fully saturated rings. The Hall–Kier alpha value is -1.96. The summed E-state index contributed by atoms with van der Waals surface area (Å²) in [4.78, 5) is 38.0. The fourth-order valence-electron chi connectivity index (χ4n) is 2.26. The van der Waals surface area contributed by atoms with Crippen molar-refractivity contribution in [2.24, 2.45) is 0 Å². The second-order valence-electron chi connectivity index (χ2n) is 4.83. The van der Waals surface area contributed by atoms with Crippen LogP contribution in [0.5, 0.6) is 0 Å². The van der Waals surface area contributed by atoms with Gasteiger partial charge in [0, 0.05) is 25.5 Å². The van der Waals surface area contributed by atoms with Crippen LogP contribution in [0.15, 0.2) is 24.3 Å². The summed E-state index contributed by atoms with van der Waals surface area (Å²) in [6.45, 7) is 0. The quantitative estimate of drug-likeness (QED) is 0.632. The van der Waals surface area contributed by atoms with E-state index < -0.39 is 23.4 Å². The van der Waals surface area contributed by atoms with Crippen molar-refractivity contribution in [1.82, 2.24) is 15.3 Å². The van der Waals surface area contributed by atoms with Crippen LogP contribution in [0, 0.1) is 0 Å². The first-order chi connectivity index (χ1) is 9.83. The molecule has 1 aliphatic heterocycles. The first kappa shape index (κ1) is 15.4. The third-order valence-corrected chi connectivity index (χ3v) is 3.74. The minimum Gasteiger partial charge on any atom is -0.315 e. The lowest BCUT2D eigenvalue weighted by Gasteiger charge is -2.40. The highest BCUT2D eigenvalue weighted by Gasteiger charge is 2.55. The number of rotatable bonds is 3. The van der Waals surface area contributed by atoms with E-state index in [2.05, 4.69) is 0 Å². The molecule has 1 aromatic carbocycles. The predicted octanol–water partition coefficient (Wildman–Crippen LogP) is 0.650. The summed E-state index contributed by atoms with van der Waals surface area (Å²) in [6, 6.07) is 5.75. The van der Waals surface area contributed by atoms with Crippen LogP contribution in [0.2, 0.25) is 5.02 Å². The van der Waals surface area contributed by atoms with Crippen LogP contribution in [-0.4, -0.2) is 52.5 Å². The van der Waals surface area contributed by atoms with E-state index >= 15 is 0 Å². The van der Waals surface area contributed by atoms with E-state index in [1.807, 2.05) is 0 Å². The number of hydrogen-bond acceptors (Lipinski definition) is 5. The van der Waals surface area contributed by atoms with E-state index in [4.69, 9.17) is 11.6 Å². The van der Waals surface area contributed by atoms with Crippen LogP contribution < -0.4 is 5.48 Å². The Bertz CT molecular complexity index is 578. The monoisotopic (exact) mass is 311 g/mol. The molecule has 8 heteroatoms. The van der Waals surface area contributed by atoms with Gasteiger partial charge in [0.1, 0.15) is 0 Å². The molecule has 1 aromatic rings. The first-order valence-electron chi connectivity index (χ1n) is 6.09. The average molecular weight is 312 g/mol. The van der Waals surface area contributed by atoms with Crippen molar-refractivity contribution < 1.29 is 19.6 Å². The zero-order valence-electron chi connectivity index (χ0n) is 11.5. The second kappa shape index (κ2) is 5.44. The molecule has 112 valence electrons. The van der Waals surface area contributed by atoms with Gasteiger partial charge in [-0.3, -0.25) is 19.4 Å². The summed E-state index contributed by atoms with van der Waals surface area (Å²) in [5.41, 5.74) is 0.478. The maximum absolute atomic E-state index is 12.3. The fourth-order valence-corrected chi connectivity index (χ4v) is 2.38. The molecule has 0 unspecified atom stereocenters. The first-order valence-corrected chi connectivity index (χ1v) is 6.47. The minimum atomic E-state index is -1.93. The van der Waals surface area contributed by atoms with Crippen molar-refractivity contribution >= 4 is 29.4 Å². The molecule has 0 bridgehead atoms. The Morgan fingerprint density at radius 3 is 2.00 bits per heavy atom. The van der Waals surface area contributed by atoms with Gasteiger partial charge in [0.25, 0.3) is 11.8 Å². The Morgan fingerprint density at radius 2 is 1.57 bits per heavy atom. The number of hydrogen-bond donors (Lipinski definition) is 2. The summed E-state index contributed by atoms with van der Waals surface area (Å²) < 4.78 is 0. The van der Waals surface area contributed by atoms with Gasteiger partial charge in [-0.05, 0) is 17.7 Å². The van der Waals surface area contributed by atoms with Crippen LogP contribution >= 0.6 is 11.6 Å². The van der Waals surface area contributed by atoms with Gasteiger partial charge < -0.3 is 5.21 Å². The van der Waals surface area contributed by atoms with Crippen molar-refractivity contribution in [1.29, 1.82) is 0 Å². The van der Waals surface area contributed by atoms with Crippen molar-refractivity contribution in [2.75, 3.05) is 14.1 Å². The number of carbonyl (C=O) groups excluding carboxylic acids is 3.